The van der Waals surface area contributed by atoms with E-state index in [2.05, 4.69) is 10.2 Å². The Balaban J connectivity index is 1.79. The van der Waals surface area contributed by atoms with Crippen molar-refractivity contribution in [2.75, 3.05) is 40.0 Å². The Morgan fingerprint density at radius 1 is 1.40 bits per heavy atom. The van der Waals surface area contributed by atoms with Gasteiger partial charge in [-0.3, -0.25) is 4.90 Å². The molecule has 2 aliphatic rings. The minimum Gasteiger partial charge on any atom is -0.493 e. The minimum absolute atomic E-state index is 0.407. The lowest BCUT2D eigenvalue weighted by atomic mass is 10.1. The number of benzene rings is 1. The van der Waals surface area contributed by atoms with E-state index in [0.29, 0.717) is 6.04 Å². The van der Waals surface area contributed by atoms with Gasteiger partial charge in [0.25, 0.3) is 0 Å². The number of fused-ring (bicyclic) bond motifs is 1. The summed E-state index contributed by atoms with van der Waals surface area (Å²) in [6.07, 6.45) is 0.964. The number of likely N-dealkylation sites (N-methyl/N-ethyl adjacent to an activating group) is 1. The van der Waals surface area contributed by atoms with E-state index < -0.39 is 0 Å². The first-order chi connectivity index (χ1) is 9.78. The molecule has 0 aliphatic carbocycles. The third-order valence-electron chi connectivity index (χ3n) is 3.99. The largest absolute Gasteiger partial charge is 0.493 e. The van der Waals surface area contributed by atoms with Crippen LogP contribution in [0.4, 0.5) is 0 Å². The summed E-state index contributed by atoms with van der Waals surface area (Å²) in [7, 11) is 1.98. The van der Waals surface area contributed by atoms with E-state index in [0.717, 1.165) is 56.6 Å². The zero-order valence-electron chi connectivity index (χ0n) is 11.8. The maximum atomic E-state index is 6.23. The van der Waals surface area contributed by atoms with Crippen LogP contribution in [0.25, 0.3) is 0 Å². The highest BCUT2D eigenvalue weighted by Crippen LogP contribution is 2.34. The molecular formula is C15H21ClN2O2. The van der Waals surface area contributed by atoms with Gasteiger partial charge >= 0.3 is 0 Å². The monoisotopic (exact) mass is 296 g/mol. The van der Waals surface area contributed by atoms with Crippen LogP contribution in [-0.4, -0.2) is 50.9 Å². The molecule has 0 saturated carbocycles. The fraction of sp³-hybridized carbons (Fsp3) is 0.600. The quantitative estimate of drug-likeness (QED) is 0.917. The number of hydrogen-bond acceptors (Lipinski definition) is 4. The maximum absolute atomic E-state index is 6.23. The average molecular weight is 297 g/mol. The smallest absolute Gasteiger partial charge is 0.127 e. The Labute approximate surface area is 125 Å². The number of morpholine rings is 1. The molecule has 2 heterocycles. The molecule has 0 spiro atoms. The Morgan fingerprint density at radius 2 is 2.30 bits per heavy atom. The molecule has 0 amide bonds. The zero-order valence-corrected chi connectivity index (χ0v) is 12.6. The molecule has 0 bridgehead atoms. The van der Waals surface area contributed by atoms with Gasteiger partial charge in [-0.2, -0.15) is 0 Å². The van der Waals surface area contributed by atoms with Gasteiger partial charge < -0.3 is 14.8 Å². The predicted octanol–water partition coefficient (Wildman–Crippen LogP) is 1.70. The average Bonchev–Trinajstić information content (AvgIpc) is 2.89. The molecule has 1 aromatic rings. The van der Waals surface area contributed by atoms with E-state index in [9.17, 15) is 0 Å². The molecule has 1 atom stereocenters. The molecule has 4 nitrogen and oxygen atoms in total. The van der Waals surface area contributed by atoms with Gasteiger partial charge in [0.05, 0.1) is 19.8 Å². The summed E-state index contributed by atoms with van der Waals surface area (Å²) in [6, 6.07) is 4.47. The fourth-order valence-electron chi connectivity index (χ4n) is 3.00. The number of hydrogen-bond donors (Lipinski definition) is 1. The van der Waals surface area contributed by atoms with Crippen LogP contribution in [0.15, 0.2) is 12.1 Å². The molecule has 2 aliphatic heterocycles. The van der Waals surface area contributed by atoms with E-state index >= 15 is 0 Å². The van der Waals surface area contributed by atoms with Crippen LogP contribution in [0, 0.1) is 0 Å². The van der Waals surface area contributed by atoms with Gasteiger partial charge in [0, 0.05) is 42.7 Å². The van der Waals surface area contributed by atoms with Crippen molar-refractivity contribution in [1.29, 1.82) is 0 Å². The Bertz CT molecular complexity index is 479. The van der Waals surface area contributed by atoms with Crippen molar-refractivity contribution in [2.24, 2.45) is 0 Å². The highest BCUT2D eigenvalue weighted by atomic mass is 35.5. The number of halogens is 1. The molecule has 1 aromatic carbocycles. The molecule has 1 saturated heterocycles. The second-order valence-corrected chi connectivity index (χ2v) is 5.84. The van der Waals surface area contributed by atoms with Gasteiger partial charge in [-0.15, -0.1) is 0 Å². The van der Waals surface area contributed by atoms with E-state index in [-0.39, 0.29) is 0 Å². The number of nitrogens with one attached hydrogen (secondary N) is 1. The second kappa shape index (κ2) is 6.31. The standard InChI is InChI=1S/C15H21ClN2O2/c1-17-8-14-10-19-5-3-18(14)9-12-7-13(16)6-11-2-4-20-15(11)12/h6-7,14,17H,2-5,8-10H2,1H3. The molecule has 1 N–H and O–H groups in total. The molecule has 0 aromatic heterocycles. The molecule has 3 rings (SSSR count). The highest BCUT2D eigenvalue weighted by molar-refractivity contribution is 6.30. The van der Waals surface area contributed by atoms with Crippen molar-refractivity contribution in [1.82, 2.24) is 10.2 Å². The van der Waals surface area contributed by atoms with Crippen molar-refractivity contribution in [3.63, 3.8) is 0 Å². The molecular weight excluding hydrogens is 276 g/mol. The van der Waals surface area contributed by atoms with E-state index in [1.807, 2.05) is 19.2 Å². The van der Waals surface area contributed by atoms with Crippen molar-refractivity contribution in [3.05, 3.63) is 28.3 Å². The van der Waals surface area contributed by atoms with Crippen LogP contribution in [-0.2, 0) is 17.7 Å². The van der Waals surface area contributed by atoms with E-state index in [4.69, 9.17) is 21.1 Å². The number of rotatable bonds is 4. The lowest BCUT2D eigenvalue weighted by molar-refractivity contribution is -0.0106. The summed E-state index contributed by atoms with van der Waals surface area (Å²) in [5.74, 6) is 1.05. The molecule has 1 unspecified atom stereocenters. The first-order valence-corrected chi connectivity index (χ1v) is 7.56. The Hall–Kier alpha value is -0.810. The summed E-state index contributed by atoms with van der Waals surface area (Å²) in [4.78, 5) is 2.45. The number of ether oxygens (including phenoxy) is 2. The van der Waals surface area contributed by atoms with Gasteiger partial charge in [-0.05, 0) is 24.7 Å². The second-order valence-electron chi connectivity index (χ2n) is 5.41. The summed E-state index contributed by atoms with van der Waals surface area (Å²) in [5, 5.41) is 4.05. The van der Waals surface area contributed by atoms with Crippen LogP contribution >= 0.6 is 11.6 Å². The predicted molar refractivity (Wildman–Crippen MR) is 79.6 cm³/mol. The third kappa shape index (κ3) is 2.93. The minimum atomic E-state index is 0.407. The topological polar surface area (TPSA) is 33.7 Å². The molecule has 0 radical (unpaired) electrons. The van der Waals surface area contributed by atoms with Gasteiger partial charge in [-0.1, -0.05) is 11.6 Å². The highest BCUT2D eigenvalue weighted by Gasteiger charge is 2.25. The van der Waals surface area contributed by atoms with Crippen molar-refractivity contribution >= 4 is 11.6 Å². The zero-order chi connectivity index (χ0) is 13.9. The molecule has 110 valence electrons. The van der Waals surface area contributed by atoms with Crippen LogP contribution < -0.4 is 10.1 Å². The third-order valence-corrected chi connectivity index (χ3v) is 4.21. The van der Waals surface area contributed by atoms with Crippen molar-refractivity contribution in [3.8, 4) is 5.75 Å². The van der Waals surface area contributed by atoms with E-state index in [1.165, 1.54) is 11.1 Å². The SMILES string of the molecule is CNCC1COCCN1Cc1cc(Cl)cc2c1OCC2. The van der Waals surface area contributed by atoms with Crippen LogP contribution in [0.3, 0.4) is 0 Å². The molecule has 5 heteroatoms. The maximum Gasteiger partial charge on any atom is 0.127 e. The van der Waals surface area contributed by atoms with Crippen LogP contribution in [0.5, 0.6) is 5.75 Å². The number of nitrogens with zero attached hydrogens (tertiary/aromatic N) is 1. The van der Waals surface area contributed by atoms with Gasteiger partial charge in [0.2, 0.25) is 0 Å². The summed E-state index contributed by atoms with van der Waals surface area (Å²) >= 11 is 6.23. The summed E-state index contributed by atoms with van der Waals surface area (Å²) in [5.41, 5.74) is 2.44. The first kappa shape index (κ1) is 14.1. The lowest BCUT2D eigenvalue weighted by Gasteiger charge is -2.35. The Kier molecular flexibility index (Phi) is 4.46. The van der Waals surface area contributed by atoms with Crippen LogP contribution in [0.2, 0.25) is 5.02 Å². The molecule has 1 fully saturated rings. The summed E-state index contributed by atoms with van der Waals surface area (Å²) < 4.78 is 11.4. The molecule has 20 heavy (non-hydrogen) atoms. The normalized spacial score (nSPS) is 22.6. The van der Waals surface area contributed by atoms with Crippen molar-refractivity contribution < 1.29 is 9.47 Å². The fourth-order valence-corrected chi connectivity index (χ4v) is 3.27. The first-order valence-electron chi connectivity index (χ1n) is 7.18. The Morgan fingerprint density at radius 3 is 3.15 bits per heavy atom. The van der Waals surface area contributed by atoms with Crippen molar-refractivity contribution in [2.45, 2.75) is 19.0 Å². The van der Waals surface area contributed by atoms with Gasteiger partial charge in [0.1, 0.15) is 5.75 Å². The lowest BCUT2D eigenvalue weighted by Crippen LogP contribution is -2.49. The van der Waals surface area contributed by atoms with Gasteiger partial charge in [-0.25, -0.2) is 0 Å². The van der Waals surface area contributed by atoms with E-state index in [1.54, 1.807) is 0 Å². The summed E-state index contributed by atoms with van der Waals surface area (Å²) in [6.45, 7) is 5.11. The van der Waals surface area contributed by atoms with Crippen LogP contribution in [0.1, 0.15) is 11.1 Å². The van der Waals surface area contributed by atoms with Gasteiger partial charge in [0.15, 0.2) is 0 Å².